The molecule has 112 valence electrons. The van der Waals surface area contributed by atoms with Gasteiger partial charge in [0.15, 0.2) is 0 Å². The molecule has 0 saturated carbocycles. The highest BCUT2D eigenvalue weighted by Crippen LogP contribution is 2.12. The summed E-state index contributed by atoms with van der Waals surface area (Å²) in [4.78, 5) is 17.1. The molecule has 2 heterocycles. The molecule has 0 aliphatic rings. The maximum Gasteiger partial charge on any atom is 0.323 e. The van der Waals surface area contributed by atoms with Crippen LogP contribution >= 0.6 is 0 Å². The van der Waals surface area contributed by atoms with Crippen LogP contribution in [0.3, 0.4) is 0 Å². The Labute approximate surface area is 124 Å². The molecule has 0 radical (unpaired) electrons. The number of rotatable bonds is 7. The fourth-order valence-corrected chi connectivity index (χ4v) is 1.73. The van der Waals surface area contributed by atoms with E-state index in [4.69, 9.17) is 4.74 Å². The van der Waals surface area contributed by atoms with Gasteiger partial charge in [-0.05, 0) is 32.9 Å². The molecule has 0 unspecified atom stereocenters. The van der Waals surface area contributed by atoms with Crippen LogP contribution in [0.25, 0.3) is 0 Å². The summed E-state index contributed by atoms with van der Waals surface area (Å²) in [6, 6.07) is 6.20. The van der Waals surface area contributed by atoms with Crippen LogP contribution in [0.4, 0.5) is 11.9 Å². The SMILES string of the molecule is CCNc1nc(NCc2cccc(C)n2)nc(OCC)n1. The molecular weight excluding hydrogens is 268 g/mol. The van der Waals surface area contributed by atoms with Crippen LogP contribution < -0.4 is 15.4 Å². The van der Waals surface area contributed by atoms with Crippen molar-refractivity contribution in [1.82, 2.24) is 19.9 Å². The van der Waals surface area contributed by atoms with Gasteiger partial charge in [-0.2, -0.15) is 15.0 Å². The molecule has 2 N–H and O–H groups in total. The Bertz CT molecular complexity index is 565. The molecule has 7 heteroatoms. The predicted octanol–water partition coefficient (Wildman–Crippen LogP) is 2.02. The van der Waals surface area contributed by atoms with Crippen LogP contribution in [0.2, 0.25) is 0 Å². The molecule has 0 amide bonds. The van der Waals surface area contributed by atoms with Gasteiger partial charge in [-0.15, -0.1) is 0 Å². The third-order valence-corrected chi connectivity index (χ3v) is 2.60. The zero-order valence-electron chi connectivity index (χ0n) is 12.6. The van der Waals surface area contributed by atoms with Crippen LogP contribution in [0, 0.1) is 6.92 Å². The topological polar surface area (TPSA) is 84.9 Å². The van der Waals surface area contributed by atoms with Crippen molar-refractivity contribution in [2.24, 2.45) is 0 Å². The number of hydrogen-bond donors (Lipinski definition) is 2. The molecule has 0 saturated heterocycles. The van der Waals surface area contributed by atoms with Gasteiger partial charge in [-0.1, -0.05) is 6.07 Å². The molecule has 2 aromatic rings. The van der Waals surface area contributed by atoms with Crippen molar-refractivity contribution < 1.29 is 4.74 Å². The van der Waals surface area contributed by atoms with Crippen LogP contribution in [-0.2, 0) is 6.54 Å². The van der Waals surface area contributed by atoms with Gasteiger partial charge < -0.3 is 15.4 Å². The molecule has 2 rings (SSSR count). The number of hydrogen-bond acceptors (Lipinski definition) is 7. The molecule has 21 heavy (non-hydrogen) atoms. The Balaban J connectivity index is 2.10. The molecule has 0 spiro atoms. The maximum absolute atomic E-state index is 5.35. The third kappa shape index (κ3) is 4.55. The highest BCUT2D eigenvalue weighted by molar-refractivity contribution is 5.36. The van der Waals surface area contributed by atoms with Crippen LogP contribution in [-0.4, -0.2) is 33.1 Å². The Kier molecular flexibility index (Phi) is 5.25. The van der Waals surface area contributed by atoms with E-state index in [0.717, 1.165) is 17.9 Å². The lowest BCUT2D eigenvalue weighted by atomic mass is 10.3. The average Bonchev–Trinajstić information content (AvgIpc) is 2.46. The summed E-state index contributed by atoms with van der Waals surface area (Å²) < 4.78 is 5.35. The number of ether oxygens (including phenoxy) is 1. The highest BCUT2D eigenvalue weighted by atomic mass is 16.5. The summed E-state index contributed by atoms with van der Waals surface area (Å²) in [7, 11) is 0. The Morgan fingerprint density at radius 3 is 2.43 bits per heavy atom. The molecular formula is C14H20N6O. The summed E-state index contributed by atoms with van der Waals surface area (Å²) in [6.07, 6.45) is 0. The number of aromatic nitrogens is 4. The van der Waals surface area contributed by atoms with Gasteiger partial charge in [0.1, 0.15) is 0 Å². The van der Waals surface area contributed by atoms with Crippen LogP contribution in [0.15, 0.2) is 18.2 Å². The monoisotopic (exact) mass is 288 g/mol. The van der Waals surface area contributed by atoms with Gasteiger partial charge >= 0.3 is 6.01 Å². The van der Waals surface area contributed by atoms with E-state index in [-0.39, 0.29) is 0 Å². The van der Waals surface area contributed by atoms with E-state index in [9.17, 15) is 0 Å². The lowest BCUT2D eigenvalue weighted by molar-refractivity contribution is 0.312. The number of pyridine rings is 1. The van der Waals surface area contributed by atoms with Crippen molar-refractivity contribution in [3.8, 4) is 6.01 Å². The quantitative estimate of drug-likeness (QED) is 0.806. The number of anilines is 2. The smallest absolute Gasteiger partial charge is 0.323 e. The zero-order chi connectivity index (χ0) is 15.1. The van der Waals surface area contributed by atoms with Crippen molar-refractivity contribution in [2.75, 3.05) is 23.8 Å². The largest absolute Gasteiger partial charge is 0.464 e. The fourth-order valence-electron chi connectivity index (χ4n) is 1.73. The molecule has 2 aromatic heterocycles. The van der Waals surface area contributed by atoms with Crippen molar-refractivity contribution in [1.29, 1.82) is 0 Å². The summed E-state index contributed by atoms with van der Waals surface area (Å²) in [5, 5.41) is 6.20. The van der Waals surface area contributed by atoms with Gasteiger partial charge in [-0.25, -0.2) is 0 Å². The molecule has 0 bridgehead atoms. The Morgan fingerprint density at radius 2 is 1.76 bits per heavy atom. The van der Waals surface area contributed by atoms with Gasteiger partial charge in [0.05, 0.1) is 18.8 Å². The molecule has 0 atom stereocenters. The number of nitrogens with zero attached hydrogens (tertiary/aromatic N) is 4. The molecule has 0 aromatic carbocycles. The third-order valence-electron chi connectivity index (χ3n) is 2.60. The van der Waals surface area contributed by atoms with Crippen molar-refractivity contribution in [3.63, 3.8) is 0 Å². The maximum atomic E-state index is 5.35. The van der Waals surface area contributed by atoms with E-state index in [1.54, 1.807) is 0 Å². The molecule has 7 nitrogen and oxygen atoms in total. The van der Waals surface area contributed by atoms with Gasteiger partial charge in [-0.3, -0.25) is 4.98 Å². The standard InChI is InChI=1S/C14H20N6O/c1-4-15-12-18-13(20-14(19-12)21-5-2)16-9-11-8-6-7-10(3)17-11/h6-8H,4-5,9H2,1-3H3,(H2,15,16,18,19,20). The molecule has 0 fully saturated rings. The van der Waals surface area contributed by atoms with E-state index in [0.29, 0.717) is 31.1 Å². The van der Waals surface area contributed by atoms with Crippen LogP contribution in [0.1, 0.15) is 25.2 Å². The second-order valence-electron chi connectivity index (χ2n) is 4.35. The predicted molar refractivity (Wildman–Crippen MR) is 81.5 cm³/mol. The Morgan fingerprint density at radius 1 is 1.00 bits per heavy atom. The Hall–Kier alpha value is -2.44. The van der Waals surface area contributed by atoms with E-state index in [1.165, 1.54) is 0 Å². The average molecular weight is 288 g/mol. The summed E-state index contributed by atoms with van der Waals surface area (Å²) in [5.41, 5.74) is 1.91. The van der Waals surface area contributed by atoms with Crippen molar-refractivity contribution in [2.45, 2.75) is 27.3 Å². The highest BCUT2D eigenvalue weighted by Gasteiger charge is 2.07. The first kappa shape index (κ1) is 15.0. The number of aryl methyl sites for hydroxylation is 1. The summed E-state index contributed by atoms with van der Waals surface area (Å²) in [6.45, 7) is 7.61. The van der Waals surface area contributed by atoms with E-state index in [1.807, 2.05) is 39.0 Å². The second kappa shape index (κ2) is 7.37. The first-order valence-electron chi connectivity index (χ1n) is 7.00. The van der Waals surface area contributed by atoms with Gasteiger partial charge in [0, 0.05) is 12.2 Å². The molecule has 0 aliphatic carbocycles. The van der Waals surface area contributed by atoms with Crippen molar-refractivity contribution in [3.05, 3.63) is 29.6 Å². The fraction of sp³-hybridized carbons (Fsp3) is 0.429. The van der Waals surface area contributed by atoms with Crippen LogP contribution in [0.5, 0.6) is 6.01 Å². The second-order valence-corrected chi connectivity index (χ2v) is 4.35. The van der Waals surface area contributed by atoms with Crippen molar-refractivity contribution >= 4 is 11.9 Å². The van der Waals surface area contributed by atoms with E-state index in [2.05, 4.69) is 30.6 Å². The zero-order valence-corrected chi connectivity index (χ0v) is 12.6. The summed E-state index contributed by atoms with van der Waals surface area (Å²) >= 11 is 0. The lowest BCUT2D eigenvalue weighted by Gasteiger charge is -2.09. The normalized spacial score (nSPS) is 10.2. The minimum atomic E-state index is 0.308. The first-order chi connectivity index (χ1) is 10.2. The minimum absolute atomic E-state index is 0.308. The summed E-state index contributed by atoms with van der Waals surface area (Å²) in [5.74, 6) is 0.961. The van der Waals surface area contributed by atoms with E-state index < -0.39 is 0 Å². The van der Waals surface area contributed by atoms with E-state index >= 15 is 0 Å². The van der Waals surface area contributed by atoms with Gasteiger partial charge in [0.2, 0.25) is 11.9 Å². The lowest BCUT2D eigenvalue weighted by Crippen LogP contribution is -2.11. The van der Waals surface area contributed by atoms with Gasteiger partial charge in [0.25, 0.3) is 0 Å². The minimum Gasteiger partial charge on any atom is -0.464 e. The molecule has 0 aliphatic heterocycles. The number of nitrogens with one attached hydrogen (secondary N) is 2. The first-order valence-corrected chi connectivity index (χ1v) is 7.00.